The summed E-state index contributed by atoms with van der Waals surface area (Å²) in [6.45, 7) is 16.0. The minimum Gasteiger partial charge on any atom is -0.384 e. The van der Waals surface area contributed by atoms with Crippen LogP contribution in [-0.4, -0.2) is 10.7 Å². The Morgan fingerprint density at radius 3 is 2.74 bits per heavy atom. The van der Waals surface area contributed by atoms with Crippen LogP contribution in [0.3, 0.4) is 0 Å². The molecule has 1 heteroatoms. The minimum atomic E-state index is -0.788. The number of hydrogen-bond donors (Lipinski definition) is 1. The van der Waals surface area contributed by atoms with Crippen molar-refractivity contribution in [3.63, 3.8) is 0 Å². The van der Waals surface area contributed by atoms with E-state index in [-0.39, 0.29) is 11.3 Å². The largest absolute Gasteiger partial charge is 0.384 e. The minimum absolute atomic E-state index is 0.109. The SMILES string of the molecule is C=C1CC[C@]2(C)C3=CC[C@@]4(C)C(C[C@H](C5=CC=CCC5)[C@]4(O)C(=C)CC)C3CCC2C1. The molecule has 5 aliphatic carbocycles. The number of allylic oxidation sites excluding steroid dienone is 6. The van der Waals surface area contributed by atoms with Gasteiger partial charge in [-0.1, -0.05) is 75.0 Å². The van der Waals surface area contributed by atoms with Gasteiger partial charge in [-0.25, -0.2) is 0 Å². The van der Waals surface area contributed by atoms with E-state index in [9.17, 15) is 5.11 Å². The summed E-state index contributed by atoms with van der Waals surface area (Å²) >= 11 is 0. The van der Waals surface area contributed by atoms with E-state index >= 15 is 0 Å². The molecule has 168 valence electrons. The summed E-state index contributed by atoms with van der Waals surface area (Å²) in [7, 11) is 0. The highest BCUT2D eigenvalue weighted by molar-refractivity contribution is 5.40. The third-order valence-corrected chi connectivity index (χ3v) is 10.7. The zero-order valence-electron chi connectivity index (χ0n) is 20.1. The van der Waals surface area contributed by atoms with Gasteiger partial charge in [0.2, 0.25) is 0 Å². The van der Waals surface area contributed by atoms with Crippen molar-refractivity contribution in [2.75, 3.05) is 0 Å². The summed E-state index contributed by atoms with van der Waals surface area (Å²) < 4.78 is 0. The summed E-state index contributed by atoms with van der Waals surface area (Å²) in [5.41, 5.74) is 5.19. The van der Waals surface area contributed by atoms with Crippen LogP contribution in [-0.2, 0) is 0 Å². The topological polar surface area (TPSA) is 20.2 Å². The van der Waals surface area contributed by atoms with Crippen LogP contribution in [0.2, 0.25) is 0 Å². The molecule has 0 radical (unpaired) electrons. The average molecular weight is 419 g/mol. The molecule has 0 heterocycles. The standard InChI is InChI=1S/C30H42O/c1-6-21(3)30(31)26(22-10-8-7-9-11-22)19-27-24-13-12-23-18-20(2)14-16-28(23,4)25(24)15-17-29(27,30)5/h7-8,10,15,23-24,26-27,31H,2-3,6,9,11-14,16-19H2,1,4-5H3/t23?,24?,26-,27?,28+,29+,30-/m1/s1. The van der Waals surface area contributed by atoms with Gasteiger partial charge >= 0.3 is 0 Å². The molecule has 1 nitrogen and oxygen atoms in total. The lowest BCUT2D eigenvalue weighted by molar-refractivity contribution is -0.0745. The van der Waals surface area contributed by atoms with Crippen molar-refractivity contribution in [2.24, 2.45) is 34.5 Å². The smallest absolute Gasteiger partial charge is 0.0978 e. The summed E-state index contributed by atoms with van der Waals surface area (Å²) in [6, 6.07) is 0. The Hall–Kier alpha value is -1.34. The van der Waals surface area contributed by atoms with E-state index in [1.54, 1.807) is 5.57 Å². The number of hydrogen-bond acceptors (Lipinski definition) is 1. The Bertz CT molecular complexity index is 886. The van der Waals surface area contributed by atoms with Crippen molar-refractivity contribution < 1.29 is 5.11 Å². The maximum atomic E-state index is 12.5. The van der Waals surface area contributed by atoms with Gasteiger partial charge in [-0.05, 0) is 93.0 Å². The summed E-state index contributed by atoms with van der Waals surface area (Å²) in [5, 5.41) is 12.5. The van der Waals surface area contributed by atoms with Crippen LogP contribution in [0.15, 0.2) is 59.8 Å². The number of fused-ring (bicyclic) bond motifs is 5. The maximum Gasteiger partial charge on any atom is 0.0978 e. The van der Waals surface area contributed by atoms with E-state index in [4.69, 9.17) is 0 Å². The first-order chi connectivity index (χ1) is 14.8. The third kappa shape index (κ3) is 2.84. The fraction of sp³-hybridized carbons (Fsp3) is 0.667. The molecule has 0 aromatic carbocycles. The zero-order valence-corrected chi connectivity index (χ0v) is 20.1. The van der Waals surface area contributed by atoms with Crippen molar-refractivity contribution in [3.8, 4) is 0 Å². The highest BCUT2D eigenvalue weighted by atomic mass is 16.3. The Kier molecular flexibility index (Phi) is 5.09. The van der Waals surface area contributed by atoms with E-state index in [1.807, 2.05) is 0 Å². The van der Waals surface area contributed by atoms with E-state index in [0.29, 0.717) is 17.3 Å². The molecular weight excluding hydrogens is 376 g/mol. The Morgan fingerprint density at radius 2 is 2.03 bits per heavy atom. The number of aliphatic hydroxyl groups is 1. The van der Waals surface area contributed by atoms with Crippen LogP contribution in [0.5, 0.6) is 0 Å². The van der Waals surface area contributed by atoms with Gasteiger partial charge in [0.25, 0.3) is 0 Å². The van der Waals surface area contributed by atoms with Crippen molar-refractivity contribution in [3.05, 3.63) is 59.8 Å². The van der Waals surface area contributed by atoms with Crippen LogP contribution in [0.25, 0.3) is 0 Å². The fourth-order valence-corrected chi connectivity index (χ4v) is 8.73. The van der Waals surface area contributed by atoms with Crippen molar-refractivity contribution in [2.45, 2.75) is 90.6 Å². The molecule has 0 spiro atoms. The first-order valence-corrected chi connectivity index (χ1v) is 12.9. The van der Waals surface area contributed by atoms with Gasteiger partial charge in [-0.15, -0.1) is 0 Å². The molecule has 5 rings (SSSR count). The summed E-state index contributed by atoms with van der Waals surface area (Å²) in [4.78, 5) is 0. The lowest BCUT2D eigenvalue weighted by Gasteiger charge is -2.57. The molecule has 1 N–H and O–H groups in total. The van der Waals surface area contributed by atoms with Crippen molar-refractivity contribution in [1.29, 1.82) is 0 Å². The second kappa shape index (κ2) is 7.34. The van der Waals surface area contributed by atoms with E-state index in [2.05, 4.69) is 58.2 Å². The van der Waals surface area contributed by atoms with Gasteiger partial charge < -0.3 is 5.11 Å². The molecule has 0 amide bonds. The van der Waals surface area contributed by atoms with Crippen LogP contribution in [0.4, 0.5) is 0 Å². The molecule has 3 saturated carbocycles. The van der Waals surface area contributed by atoms with E-state index in [0.717, 1.165) is 43.6 Å². The molecule has 0 saturated heterocycles. The fourth-order valence-electron chi connectivity index (χ4n) is 8.73. The maximum absolute atomic E-state index is 12.5. The quantitative estimate of drug-likeness (QED) is 0.465. The Balaban J connectivity index is 1.57. The molecule has 7 atom stereocenters. The van der Waals surface area contributed by atoms with Gasteiger partial charge in [0.05, 0.1) is 5.60 Å². The first kappa shape index (κ1) is 21.5. The van der Waals surface area contributed by atoms with Gasteiger partial charge in [0, 0.05) is 11.3 Å². The lowest BCUT2D eigenvalue weighted by Crippen LogP contribution is -2.54. The van der Waals surface area contributed by atoms with Crippen LogP contribution in [0, 0.1) is 34.5 Å². The number of rotatable bonds is 3. The van der Waals surface area contributed by atoms with Crippen LogP contribution >= 0.6 is 0 Å². The normalized spacial score (nSPS) is 46.5. The monoisotopic (exact) mass is 418 g/mol. The van der Waals surface area contributed by atoms with Gasteiger partial charge in [-0.3, -0.25) is 0 Å². The van der Waals surface area contributed by atoms with E-state index < -0.39 is 5.60 Å². The van der Waals surface area contributed by atoms with Crippen molar-refractivity contribution in [1.82, 2.24) is 0 Å². The predicted octanol–water partition coefficient (Wildman–Crippen LogP) is 7.71. The molecule has 0 aliphatic heterocycles. The molecule has 31 heavy (non-hydrogen) atoms. The van der Waals surface area contributed by atoms with Crippen molar-refractivity contribution >= 4 is 0 Å². The molecule has 3 unspecified atom stereocenters. The molecule has 0 bridgehead atoms. The first-order valence-electron chi connectivity index (χ1n) is 12.9. The van der Waals surface area contributed by atoms with Gasteiger partial charge in [0.15, 0.2) is 0 Å². The van der Waals surface area contributed by atoms with E-state index in [1.165, 1.54) is 43.3 Å². The van der Waals surface area contributed by atoms with Crippen LogP contribution in [0.1, 0.15) is 85.0 Å². The zero-order chi connectivity index (χ0) is 22.0. The van der Waals surface area contributed by atoms with Gasteiger partial charge in [-0.2, -0.15) is 0 Å². The average Bonchev–Trinajstić information content (AvgIpc) is 3.02. The second-order valence-corrected chi connectivity index (χ2v) is 11.9. The Labute approximate surface area is 190 Å². The molecule has 3 fully saturated rings. The Morgan fingerprint density at radius 1 is 1.23 bits per heavy atom. The van der Waals surface area contributed by atoms with Crippen LogP contribution < -0.4 is 0 Å². The molecule has 0 aromatic heterocycles. The van der Waals surface area contributed by atoms with Gasteiger partial charge in [0.1, 0.15) is 0 Å². The third-order valence-electron chi connectivity index (χ3n) is 10.7. The molecule has 5 aliphatic rings. The summed E-state index contributed by atoms with van der Waals surface area (Å²) in [5.74, 6) is 2.19. The second-order valence-electron chi connectivity index (χ2n) is 11.9. The molecule has 0 aromatic rings. The highest BCUT2D eigenvalue weighted by Gasteiger charge is 2.66. The lowest BCUT2D eigenvalue weighted by atomic mass is 9.48. The predicted molar refractivity (Wildman–Crippen MR) is 131 cm³/mol. The molecular formula is C30H42O. The highest BCUT2D eigenvalue weighted by Crippen LogP contribution is 2.70. The summed E-state index contributed by atoms with van der Waals surface area (Å²) in [6.07, 6.45) is 20.9.